The van der Waals surface area contributed by atoms with Gasteiger partial charge in [0.25, 0.3) is 0 Å². The molecule has 2 rings (SSSR count). The van der Waals surface area contributed by atoms with E-state index in [-0.39, 0.29) is 37.8 Å². The van der Waals surface area contributed by atoms with Crippen LogP contribution in [0.4, 0.5) is 9.59 Å². The van der Waals surface area contributed by atoms with Crippen LogP contribution in [0, 0.1) is 6.92 Å². The van der Waals surface area contributed by atoms with Crippen LogP contribution in [-0.2, 0) is 19.1 Å². The lowest BCUT2D eigenvalue weighted by Gasteiger charge is -2.14. The van der Waals surface area contributed by atoms with E-state index >= 15 is 0 Å². The summed E-state index contributed by atoms with van der Waals surface area (Å²) in [6, 6.07) is 8.41. The molecule has 0 saturated carbocycles. The van der Waals surface area contributed by atoms with Gasteiger partial charge in [0.15, 0.2) is 0 Å². The minimum absolute atomic E-state index is 0.0332. The SMILES string of the molecule is C=CC(=O)OCCNC(=O)Oc1cccc2c(OC(=O)NCCOC(=O)C=C)c(C)ccc12. The second-order valence-electron chi connectivity index (χ2n) is 6.44. The third-order valence-corrected chi connectivity index (χ3v) is 4.13. The van der Waals surface area contributed by atoms with Crippen LogP contribution in [0.2, 0.25) is 0 Å². The number of benzene rings is 2. The highest BCUT2D eigenvalue weighted by Gasteiger charge is 2.15. The van der Waals surface area contributed by atoms with Crippen LogP contribution < -0.4 is 20.1 Å². The molecule has 0 aliphatic carbocycles. The molecule has 33 heavy (non-hydrogen) atoms. The van der Waals surface area contributed by atoms with E-state index in [2.05, 4.69) is 23.8 Å². The fourth-order valence-electron chi connectivity index (χ4n) is 2.63. The standard InChI is InChI=1S/C23H24N2O8/c1-4-19(26)30-13-11-24-22(28)32-18-8-6-7-17-16(18)10-9-15(3)21(17)33-23(29)25-12-14-31-20(27)5-2/h4-10H,1-2,11-14H2,3H3,(H,24,28)(H,25,29). The van der Waals surface area contributed by atoms with E-state index in [1.165, 1.54) is 0 Å². The molecular formula is C23H24N2O8. The predicted octanol–water partition coefficient (Wildman–Crippen LogP) is 2.78. The van der Waals surface area contributed by atoms with E-state index in [4.69, 9.17) is 18.9 Å². The van der Waals surface area contributed by atoms with Crippen LogP contribution in [0.15, 0.2) is 55.6 Å². The van der Waals surface area contributed by atoms with E-state index in [0.717, 1.165) is 12.2 Å². The molecule has 2 aromatic carbocycles. The number of esters is 2. The van der Waals surface area contributed by atoms with E-state index < -0.39 is 24.1 Å². The average Bonchev–Trinajstić information content (AvgIpc) is 2.81. The number of aryl methyl sites for hydroxylation is 1. The van der Waals surface area contributed by atoms with Crippen molar-refractivity contribution in [2.75, 3.05) is 26.3 Å². The topological polar surface area (TPSA) is 129 Å². The lowest BCUT2D eigenvalue weighted by molar-refractivity contribution is -0.138. The van der Waals surface area contributed by atoms with Crippen molar-refractivity contribution in [3.8, 4) is 11.5 Å². The minimum atomic E-state index is -0.744. The Bertz CT molecular complexity index is 1060. The van der Waals surface area contributed by atoms with Gasteiger partial charge in [-0.3, -0.25) is 0 Å². The van der Waals surface area contributed by atoms with Gasteiger partial charge in [-0.25, -0.2) is 19.2 Å². The molecule has 0 spiro atoms. The van der Waals surface area contributed by atoms with Crippen LogP contribution in [0.25, 0.3) is 10.8 Å². The number of hydrogen-bond donors (Lipinski definition) is 2. The number of carbonyl (C=O) groups is 4. The largest absolute Gasteiger partial charge is 0.461 e. The Balaban J connectivity index is 2.03. The van der Waals surface area contributed by atoms with Crippen molar-refractivity contribution >= 4 is 34.9 Å². The average molecular weight is 456 g/mol. The Morgan fingerprint density at radius 1 is 0.818 bits per heavy atom. The normalized spacial score (nSPS) is 9.97. The van der Waals surface area contributed by atoms with Gasteiger partial charge in [-0.05, 0) is 18.6 Å². The molecule has 0 saturated heterocycles. The first-order valence-corrected chi connectivity index (χ1v) is 9.87. The van der Waals surface area contributed by atoms with Crippen molar-refractivity contribution in [2.24, 2.45) is 0 Å². The molecule has 2 amide bonds. The Morgan fingerprint density at radius 3 is 1.97 bits per heavy atom. The van der Waals surface area contributed by atoms with Gasteiger partial charge in [-0.1, -0.05) is 37.4 Å². The molecule has 0 atom stereocenters. The first-order chi connectivity index (χ1) is 15.8. The van der Waals surface area contributed by atoms with E-state index in [9.17, 15) is 19.2 Å². The summed E-state index contributed by atoms with van der Waals surface area (Å²) in [7, 11) is 0. The Labute approximate surface area is 190 Å². The van der Waals surface area contributed by atoms with Gasteiger partial charge in [0, 0.05) is 22.9 Å². The summed E-state index contributed by atoms with van der Waals surface area (Å²) in [5, 5.41) is 6.03. The van der Waals surface area contributed by atoms with Crippen LogP contribution in [0.5, 0.6) is 11.5 Å². The summed E-state index contributed by atoms with van der Waals surface area (Å²) < 4.78 is 20.3. The summed E-state index contributed by atoms with van der Waals surface area (Å²) in [6.07, 6.45) is 0.564. The zero-order valence-electron chi connectivity index (χ0n) is 18.1. The van der Waals surface area contributed by atoms with Gasteiger partial charge in [0.05, 0.1) is 13.1 Å². The monoisotopic (exact) mass is 456 g/mol. The third-order valence-electron chi connectivity index (χ3n) is 4.13. The zero-order valence-corrected chi connectivity index (χ0v) is 18.1. The van der Waals surface area contributed by atoms with Crippen molar-refractivity contribution in [1.29, 1.82) is 0 Å². The first kappa shape index (κ1) is 24.9. The maximum atomic E-state index is 12.2. The Kier molecular flexibility index (Phi) is 9.44. The van der Waals surface area contributed by atoms with Crippen molar-refractivity contribution in [1.82, 2.24) is 10.6 Å². The van der Waals surface area contributed by atoms with Gasteiger partial charge in [0.1, 0.15) is 24.7 Å². The second kappa shape index (κ2) is 12.5. The number of fused-ring (bicyclic) bond motifs is 1. The molecule has 0 aromatic heterocycles. The van der Waals surface area contributed by atoms with Gasteiger partial charge in [-0.15, -0.1) is 0 Å². The number of hydrogen-bond acceptors (Lipinski definition) is 8. The quantitative estimate of drug-likeness (QED) is 0.317. The van der Waals surface area contributed by atoms with Crippen LogP contribution in [-0.4, -0.2) is 50.4 Å². The van der Waals surface area contributed by atoms with Crippen molar-refractivity contribution in [3.05, 3.63) is 61.2 Å². The summed E-state index contributed by atoms with van der Waals surface area (Å²) in [5.41, 5.74) is 0.682. The highest BCUT2D eigenvalue weighted by molar-refractivity contribution is 5.96. The smallest absolute Gasteiger partial charge is 0.412 e. The van der Waals surface area contributed by atoms with Crippen molar-refractivity contribution in [3.63, 3.8) is 0 Å². The molecule has 0 radical (unpaired) electrons. The maximum Gasteiger partial charge on any atom is 0.412 e. The highest BCUT2D eigenvalue weighted by Crippen LogP contribution is 2.35. The molecule has 2 aromatic rings. The maximum absolute atomic E-state index is 12.2. The van der Waals surface area contributed by atoms with Crippen LogP contribution >= 0.6 is 0 Å². The van der Waals surface area contributed by atoms with Gasteiger partial charge in [-0.2, -0.15) is 0 Å². The summed E-state index contributed by atoms with van der Waals surface area (Å²) in [4.78, 5) is 46.3. The molecule has 0 aliphatic rings. The van der Waals surface area contributed by atoms with Crippen LogP contribution in [0.1, 0.15) is 5.56 Å². The fraction of sp³-hybridized carbons (Fsp3) is 0.217. The molecule has 0 bridgehead atoms. The van der Waals surface area contributed by atoms with Crippen LogP contribution in [0.3, 0.4) is 0 Å². The lowest BCUT2D eigenvalue weighted by atomic mass is 10.1. The molecule has 0 unspecified atom stereocenters. The van der Waals surface area contributed by atoms with Gasteiger partial charge >= 0.3 is 24.1 Å². The third kappa shape index (κ3) is 7.69. The molecule has 2 N–H and O–H groups in total. The molecule has 0 aliphatic heterocycles. The molecule has 10 heteroatoms. The van der Waals surface area contributed by atoms with Crippen molar-refractivity contribution < 1.29 is 38.1 Å². The number of amides is 2. The summed E-state index contributed by atoms with van der Waals surface area (Å²) in [6.45, 7) is 8.36. The predicted molar refractivity (Wildman–Crippen MR) is 119 cm³/mol. The van der Waals surface area contributed by atoms with E-state index in [1.54, 1.807) is 37.3 Å². The van der Waals surface area contributed by atoms with Gasteiger partial charge < -0.3 is 29.6 Å². The summed E-state index contributed by atoms with van der Waals surface area (Å²) in [5.74, 6) is -0.654. The van der Waals surface area contributed by atoms with E-state index in [1.807, 2.05) is 0 Å². The molecule has 10 nitrogen and oxygen atoms in total. The number of rotatable bonds is 10. The molecule has 174 valence electrons. The zero-order chi connectivity index (χ0) is 24.2. The van der Waals surface area contributed by atoms with Gasteiger partial charge in [0.2, 0.25) is 0 Å². The number of ether oxygens (including phenoxy) is 4. The number of nitrogens with one attached hydrogen (secondary N) is 2. The number of carbonyl (C=O) groups excluding carboxylic acids is 4. The molecule has 0 fully saturated rings. The van der Waals surface area contributed by atoms with E-state index in [0.29, 0.717) is 16.3 Å². The fourth-order valence-corrected chi connectivity index (χ4v) is 2.63. The minimum Gasteiger partial charge on any atom is -0.461 e. The van der Waals surface area contributed by atoms with Crippen molar-refractivity contribution in [2.45, 2.75) is 6.92 Å². The molecular weight excluding hydrogens is 432 g/mol. The first-order valence-electron chi connectivity index (χ1n) is 9.87. The second-order valence-corrected chi connectivity index (χ2v) is 6.44. The summed E-state index contributed by atoms with van der Waals surface area (Å²) >= 11 is 0. The Hall–Kier alpha value is -4.34. The highest BCUT2D eigenvalue weighted by atomic mass is 16.6. The molecule has 0 heterocycles. The lowest BCUT2D eigenvalue weighted by Crippen LogP contribution is -2.31. The Morgan fingerprint density at radius 2 is 1.39 bits per heavy atom.